The molecular weight excluding hydrogens is 409 g/mol. The van der Waals surface area contributed by atoms with Crippen LogP contribution in [0.2, 0.25) is 5.02 Å². The first kappa shape index (κ1) is 17.6. The van der Waals surface area contributed by atoms with E-state index in [1.54, 1.807) is 47.3 Å². The van der Waals surface area contributed by atoms with Gasteiger partial charge in [-0.25, -0.2) is 9.37 Å². The van der Waals surface area contributed by atoms with Crippen molar-refractivity contribution in [3.8, 4) is 0 Å². The van der Waals surface area contributed by atoms with E-state index in [1.165, 1.54) is 12.1 Å². The molecule has 1 N–H and O–H groups in total. The molecule has 3 rings (SSSR count). The second-order valence-corrected chi connectivity index (χ2v) is 6.80. The predicted octanol–water partition coefficient (Wildman–Crippen LogP) is 4.49. The molecule has 0 aliphatic carbocycles. The van der Waals surface area contributed by atoms with Crippen LogP contribution >= 0.6 is 27.5 Å². The van der Waals surface area contributed by atoms with Gasteiger partial charge in [0.1, 0.15) is 17.7 Å². The van der Waals surface area contributed by atoms with Crippen molar-refractivity contribution >= 4 is 33.4 Å². The SMILES string of the molecule is Cn1ccnc1[C@@H](NC(=O)c1cc(Br)ccc1Cl)c1ccc(F)cc1. The number of carbonyl (C=O) groups is 1. The Morgan fingerprint density at radius 3 is 2.64 bits per heavy atom. The van der Waals surface area contributed by atoms with Crippen LogP contribution < -0.4 is 5.32 Å². The number of benzene rings is 2. The highest BCUT2D eigenvalue weighted by Crippen LogP contribution is 2.25. The molecule has 1 atom stereocenters. The largest absolute Gasteiger partial charge is 0.338 e. The Kier molecular flexibility index (Phi) is 5.20. The molecule has 1 amide bonds. The number of aryl methyl sites for hydroxylation is 1. The minimum absolute atomic E-state index is 0.344. The Balaban J connectivity index is 1.98. The molecule has 2 aromatic carbocycles. The zero-order valence-electron chi connectivity index (χ0n) is 13.2. The van der Waals surface area contributed by atoms with E-state index in [1.807, 2.05) is 7.05 Å². The molecule has 0 aliphatic heterocycles. The van der Waals surface area contributed by atoms with Gasteiger partial charge in [-0.15, -0.1) is 0 Å². The normalized spacial score (nSPS) is 12.0. The van der Waals surface area contributed by atoms with Crippen LogP contribution in [0.5, 0.6) is 0 Å². The van der Waals surface area contributed by atoms with Crippen molar-refractivity contribution in [2.75, 3.05) is 0 Å². The lowest BCUT2D eigenvalue weighted by Gasteiger charge is -2.19. The van der Waals surface area contributed by atoms with Crippen molar-refractivity contribution < 1.29 is 9.18 Å². The lowest BCUT2D eigenvalue weighted by molar-refractivity contribution is 0.0941. The summed E-state index contributed by atoms with van der Waals surface area (Å²) < 4.78 is 15.8. The van der Waals surface area contributed by atoms with Crippen LogP contribution in [-0.2, 0) is 7.05 Å². The fourth-order valence-electron chi connectivity index (χ4n) is 2.49. The van der Waals surface area contributed by atoms with Crippen molar-refractivity contribution in [1.29, 1.82) is 0 Å². The van der Waals surface area contributed by atoms with E-state index in [2.05, 4.69) is 26.2 Å². The maximum atomic E-state index is 13.3. The van der Waals surface area contributed by atoms with Crippen molar-refractivity contribution in [3.05, 3.63) is 87.1 Å². The minimum atomic E-state index is -0.539. The molecule has 0 bridgehead atoms. The number of imidazole rings is 1. The van der Waals surface area contributed by atoms with E-state index in [0.717, 1.165) is 10.0 Å². The molecule has 3 aromatic rings. The second kappa shape index (κ2) is 7.37. The third-order valence-corrected chi connectivity index (χ3v) is 4.59. The van der Waals surface area contributed by atoms with Gasteiger partial charge in [0.25, 0.3) is 5.91 Å². The molecule has 0 saturated heterocycles. The van der Waals surface area contributed by atoms with Gasteiger partial charge in [0.2, 0.25) is 0 Å². The summed E-state index contributed by atoms with van der Waals surface area (Å²) in [6.07, 6.45) is 3.42. The summed E-state index contributed by atoms with van der Waals surface area (Å²) in [4.78, 5) is 17.1. The van der Waals surface area contributed by atoms with E-state index in [9.17, 15) is 9.18 Å². The third kappa shape index (κ3) is 3.91. The Morgan fingerprint density at radius 1 is 1.28 bits per heavy atom. The van der Waals surface area contributed by atoms with Crippen molar-refractivity contribution in [2.45, 2.75) is 6.04 Å². The summed E-state index contributed by atoms with van der Waals surface area (Å²) in [6, 6.07) is 10.5. The van der Waals surface area contributed by atoms with Gasteiger partial charge in [0.15, 0.2) is 0 Å². The van der Waals surface area contributed by atoms with E-state index >= 15 is 0 Å². The number of hydrogen-bond acceptors (Lipinski definition) is 2. The molecule has 128 valence electrons. The molecule has 0 radical (unpaired) electrons. The molecule has 7 heteroatoms. The Labute approximate surface area is 157 Å². The summed E-state index contributed by atoms with van der Waals surface area (Å²) in [5.41, 5.74) is 1.06. The molecule has 1 aromatic heterocycles. The van der Waals surface area contributed by atoms with Crippen molar-refractivity contribution in [3.63, 3.8) is 0 Å². The monoisotopic (exact) mass is 421 g/mol. The van der Waals surface area contributed by atoms with Gasteiger partial charge in [-0.05, 0) is 35.9 Å². The summed E-state index contributed by atoms with van der Waals surface area (Å²) in [5.74, 6) is -0.0570. The van der Waals surface area contributed by atoms with E-state index in [0.29, 0.717) is 16.4 Å². The lowest BCUT2D eigenvalue weighted by atomic mass is 10.1. The Hall–Kier alpha value is -2.18. The smallest absolute Gasteiger partial charge is 0.253 e. The van der Waals surface area contributed by atoms with Crippen LogP contribution in [0, 0.1) is 5.82 Å². The standard InChI is InChI=1S/C18H14BrClFN3O/c1-24-9-8-22-17(24)16(11-2-5-13(21)6-3-11)23-18(25)14-10-12(19)4-7-15(14)20/h2-10,16H,1H3,(H,23,25)/t16-/m0/s1. The van der Waals surface area contributed by atoms with Crippen LogP contribution in [0.4, 0.5) is 4.39 Å². The van der Waals surface area contributed by atoms with Crippen LogP contribution in [0.1, 0.15) is 27.8 Å². The van der Waals surface area contributed by atoms with Crippen LogP contribution in [0.3, 0.4) is 0 Å². The summed E-state index contributed by atoms with van der Waals surface area (Å²) in [6.45, 7) is 0. The van der Waals surface area contributed by atoms with Gasteiger partial charge in [0.05, 0.1) is 10.6 Å². The van der Waals surface area contributed by atoms with Gasteiger partial charge in [-0.3, -0.25) is 4.79 Å². The predicted molar refractivity (Wildman–Crippen MR) is 98.1 cm³/mol. The highest BCUT2D eigenvalue weighted by molar-refractivity contribution is 9.10. The first-order valence-corrected chi connectivity index (χ1v) is 8.61. The zero-order valence-corrected chi connectivity index (χ0v) is 15.6. The lowest BCUT2D eigenvalue weighted by Crippen LogP contribution is -2.31. The minimum Gasteiger partial charge on any atom is -0.338 e. The number of nitrogens with zero attached hydrogens (tertiary/aromatic N) is 2. The average Bonchev–Trinajstić information content (AvgIpc) is 3.01. The number of hydrogen-bond donors (Lipinski definition) is 1. The van der Waals surface area contributed by atoms with E-state index in [4.69, 9.17) is 11.6 Å². The van der Waals surface area contributed by atoms with Gasteiger partial charge < -0.3 is 9.88 Å². The van der Waals surface area contributed by atoms with Crippen LogP contribution in [-0.4, -0.2) is 15.5 Å². The molecule has 0 unspecified atom stereocenters. The summed E-state index contributed by atoms with van der Waals surface area (Å²) in [5, 5.41) is 3.28. The highest BCUT2D eigenvalue weighted by Gasteiger charge is 2.22. The van der Waals surface area contributed by atoms with Gasteiger partial charge in [0, 0.05) is 23.9 Å². The first-order valence-electron chi connectivity index (χ1n) is 7.44. The topological polar surface area (TPSA) is 46.9 Å². The highest BCUT2D eigenvalue weighted by atomic mass is 79.9. The number of rotatable bonds is 4. The second-order valence-electron chi connectivity index (χ2n) is 5.48. The maximum Gasteiger partial charge on any atom is 0.253 e. The maximum absolute atomic E-state index is 13.3. The zero-order chi connectivity index (χ0) is 18.0. The number of amides is 1. The fraction of sp³-hybridized carbons (Fsp3) is 0.111. The third-order valence-electron chi connectivity index (χ3n) is 3.77. The molecule has 0 aliphatic rings. The molecular formula is C18H14BrClFN3O. The fourth-order valence-corrected chi connectivity index (χ4v) is 3.05. The number of nitrogens with one attached hydrogen (secondary N) is 1. The van der Waals surface area contributed by atoms with E-state index in [-0.39, 0.29) is 11.7 Å². The number of aromatic nitrogens is 2. The van der Waals surface area contributed by atoms with Crippen LogP contribution in [0.25, 0.3) is 0 Å². The quantitative estimate of drug-likeness (QED) is 0.673. The Morgan fingerprint density at radius 2 is 2.00 bits per heavy atom. The van der Waals surface area contributed by atoms with Crippen molar-refractivity contribution in [1.82, 2.24) is 14.9 Å². The number of carbonyl (C=O) groups excluding carboxylic acids is 1. The molecule has 0 fully saturated rings. The molecule has 1 heterocycles. The molecule has 25 heavy (non-hydrogen) atoms. The van der Waals surface area contributed by atoms with Crippen LogP contribution in [0.15, 0.2) is 59.3 Å². The summed E-state index contributed by atoms with van der Waals surface area (Å²) >= 11 is 9.48. The van der Waals surface area contributed by atoms with Gasteiger partial charge >= 0.3 is 0 Å². The molecule has 0 saturated carbocycles. The Bertz CT molecular complexity index is 911. The van der Waals surface area contributed by atoms with Crippen molar-refractivity contribution in [2.24, 2.45) is 7.05 Å². The number of halogens is 3. The first-order chi connectivity index (χ1) is 12.0. The molecule has 0 spiro atoms. The van der Waals surface area contributed by atoms with Gasteiger partial charge in [-0.1, -0.05) is 39.7 Å². The molecule has 4 nitrogen and oxygen atoms in total. The average molecular weight is 423 g/mol. The van der Waals surface area contributed by atoms with E-state index < -0.39 is 6.04 Å². The van der Waals surface area contributed by atoms with Gasteiger partial charge in [-0.2, -0.15) is 0 Å². The summed E-state index contributed by atoms with van der Waals surface area (Å²) in [7, 11) is 1.83.